The highest BCUT2D eigenvalue weighted by Crippen LogP contribution is 2.28. The molecule has 2 rings (SSSR count). The fourth-order valence-corrected chi connectivity index (χ4v) is 2.70. The van der Waals surface area contributed by atoms with Crippen LogP contribution in [-0.4, -0.2) is 59.0 Å². The minimum atomic E-state index is -0.903. The van der Waals surface area contributed by atoms with Gasteiger partial charge in [0.15, 0.2) is 0 Å². The predicted molar refractivity (Wildman–Crippen MR) is 97.5 cm³/mol. The van der Waals surface area contributed by atoms with Gasteiger partial charge in [0.25, 0.3) is 0 Å². The van der Waals surface area contributed by atoms with Crippen LogP contribution >= 0.6 is 0 Å². The molecule has 1 atom stereocenters. The molecule has 1 aliphatic carbocycles. The van der Waals surface area contributed by atoms with E-state index in [0.717, 1.165) is 18.4 Å². The van der Waals surface area contributed by atoms with E-state index in [1.165, 1.54) is 0 Å². The van der Waals surface area contributed by atoms with Gasteiger partial charge in [0.05, 0.1) is 5.92 Å². The second-order valence-corrected chi connectivity index (χ2v) is 6.84. The van der Waals surface area contributed by atoms with Crippen molar-refractivity contribution in [1.82, 2.24) is 15.1 Å². The van der Waals surface area contributed by atoms with Crippen LogP contribution in [0.2, 0.25) is 0 Å². The molecule has 7 nitrogen and oxygen atoms in total. The van der Waals surface area contributed by atoms with Crippen LogP contribution in [0.25, 0.3) is 0 Å². The van der Waals surface area contributed by atoms with E-state index in [0.29, 0.717) is 6.54 Å². The van der Waals surface area contributed by atoms with Gasteiger partial charge in [-0.3, -0.25) is 9.59 Å². The highest BCUT2D eigenvalue weighted by Gasteiger charge is 2.34. The number of urea groups is 1. The van der Waals surface area contributed by atoms with Crippen molar-refractivity contribution >= 4 is 17.9 Å². The van der Waals surface area contributed by atoms with Gasteiger partial charge < -0.3 is 20.2 Å². The molecule has 142 valence electrons. The van der Waals surface area contributed by atoms with Crippen LogP contribution in [0.15, 0.2) is 30.3 Å². The molecule has 2 N–H and O–H groups in total. The Morgan fingerprint density at radius 2 is 1.88 bits per heavy atom. The SMILES string of the molecule is CC(CN(C(=O)CCNC(=O)N(C)Cc1ccccc1)C1CC1)C(=O)O. The Hall–Kier alpha value is -2.57. The van der Waals surface area contributed by atoms with Gasteiger partial charge in [-0.15, -0.1) is 0 Å². The van der Waals surface area contributed by atoms with Crippen LogP contribution in [0, 0.1) is 5.92 Å². The van der Waals surface area contributed by atoms with Crippen molar-refractivity contribution in [2.45, 2.75) is 38.8 Å². The summed E-state index contributed by atoms with van der Waals surface area (Å²) in [6.45, 7) is 2.55. The molecule has 1 aromatic carbocycles. The number of amides is 3. The first-order valence-electron chi connectivity index (χ1n) is 8.93. The summed E-state index contributed by atoms with van der Waals surface area (Å²) in [4.78, 5) is 38.8. The number of hydrogen-bond acceptors (Lipinski definition) is 3. The fraction of sp³-hybridized carbons (Fsp3) is 0.526. The molecule has 1 fully saturated rings. The van der Waals surface area contributed by atoms with Crippen molar-refractivity contribution in [2.24, 2.45) is 5.92 Å². The van der Waals surface area contributed by atoms with Gasteiger partial charge in [-0.25, -0.2) is 4.79 Å². The molecule has 0 bridgehead atoms. The summed E-state index contributed by atoms with van der Waals surface area (Å²) in [5.41, 5.74) is 1.03. The van der Waals surface area contributed by atoms with Crippen LogP contribution in [0.4, 0.5) is 4.79 Å². The molecule has 0 aromatic heterocycles. The Morgan fingerprint density at radius 3 is 2.46 bits per heavy atom. The van der Waals surface area contributed by atoms with Gasteiger partial charge in [-0.1, -0.05) is 37.3 Å². The Bertz CT molecular complexity index is 631. The van der Waals surface area contributed by atoms with Gasteiger partial charge >= 0.3 is 12.0 Å². The predicted octanol–water partition coefficient (Wildman–Crippen LogP) is 1.93. The summed E-state index contributed by atoms with van der Waals surface area (Å²) in [5.74, 6) is -1.60. The molecule has 0 radical (unpaired) electrons. The molecule has 3 amide bonds. The average molecular weight is 361 g/mol. The summed E-state index contributed by atoms with van der Waals surface area (Å²) in [7, 11) is 1.70. The minimum Gasteiger partial charge on any atom is -0.481 e. The third-order valence-electron chi connectivity index (χ3n) is 4.42. The highest BCUT2D eigenvalue weighted by molar-refractivity contribution is 5.79. The molecule has 26 heavy (non-hydrogen) atoms. The molecule has 0 aliphatic heterocycles. The number of nitrogens with one attached hydrogen (secondary N) is 1. The largest absolute Gasteiger partial charge is 0.481 e. The number of carbonyl (C=O) groups excluding carboxylic acids is 2. The van der Waals surface area contributed by atoms with Crippen molar-refractivity contribution in [1.29, 1.82) is 0 Å². The lowest BCUT2D eigenvalue weighted by atomic mass is 10.1. The number of aliphatic carboxylic acids is 1. The summed E-state index contributed by atoms with van der Waals surface area (Å²) in [6, 6.07) is 9.58. The summed E-state index contributed by atoms with van der Waals surface area (Å²) >= 11 is 0. The first-order valence-corrected chi connectivity index (χ1v) is 8.93. The first kappa shape index (κ1) is 19.8. The van der Waals surface area contributed by atoms with Crippen molar-refractivity contribution in [3.8, 4) is 0 Å². The minimum absolute atomic E-state index is 0.105. The molecule has 1 aromatic rings. The Morgan fingerprint density at radius 1 is 1.23 bits per heavy atom. The van der Waals surface area contributed by atoms with Gasteiger partial charge in [-0.2, -0.15) is 0 Å². The number of nitrogens with zero attached hydrogens (tertiary/aromatic N) is 2. The monoisotopic (exact) mass is 361 g/mol. The van der Waals surface area contributed by atoms with Crippen molar-refractivity contribution in [2.75, 3.05) is 20.1 Å². The second kappa shape index (κ2) is 9.22. The Balaban J connectivity index is 1.75. The van der Waals surface area contributed by atoms with E-state index in [4.69, 9.17) is 5.11 Å². The quantitative estimate of drug-likeness (QED) is 0.703. The molecule has 1 aliphatic rings. The lowest BCUT2D eigenvalue weighted by Gasteiger charge is -2.25. The molecule has 0 spiro atoms. The van der Waals surface area contributed by atoms with E-state index in [1.54, 1.807) is 23.8 Å². The summed E-state index contributed by atoms with van der Waals surface area (Å²) < 4.78 is 0. The zero-order chi connectivity index (χ0) is 19.1. The normalized spacial score (nSPS) is 14.4. The number of carbonyl (C=O) groups is 3. The van der Waals surface area contributed by atoms with E-state index in [-0.39, 0.29) is 37.5 Å². The van der Waals surface area contributed by atoms with Crippen LogP contribution in [0.3, 0.4) is 0 Å². The third kappa shape index (κ3) is 6.06. The molecular formula is C19H27N3O4. The fourth-order valence-electron chi connectivity index (χ4n) is 2.70. The molecular weight excluding hydrogens is 334 g/mol. The number of benzene rings is 1. The Labute approximate surface area is 154 Å². The van der Waals surface area contributed by atoms with Crippen LogP contribution < -0.4 is 5.32 Å². The van der Waals surface area contributed by atoms with Crippen molar-refractivity contribution in [3.05, 3.63) is 35.9 Å². The zero-order valence-electron chi connectivity index (χ0n) is 15.4. The maximum absolute atomic E-state index is 12.4. The average Bonchev–Trinajstić information content (AvgIpc) is 3.44. The second-order valence-electron chi connectivity index (χ2n) is 6.84. The first-order chi connectivity index (χ1) is 12.4. The topological polar surface area (TPSA) is 90.0 Å². The number of hydrogen-bond donors (Lipinski definition) is 2. The standard InChI is InChI=1S/C19H27N3O4/c1-14(18(24)25)12-22(16-8-9-16)17(23)10-11-20-19(26)21(2)13-15-6-4-3-5-7-15/h3-7,14,16H,8-13H2,1-2H3,(H,20,26)(H,24,25). The molecule has 1 unspecified atom stereocenters. The van der Waals surface area contributed by atoms with Gasteiger partial charge in [0.2, 0.25) is 5.91 Å². The summed E-state index contributed by atoms with van der Waals surface area (Å²) in [5, 5.41) is 11.8. The Kier molecular flexibility index (Phi) is 7.00. The van der Waals surface area contributed by atoms with Gasteiger partial charge in [0, 0.05) is 39.1 Å². The lowest BCUT2D eigenvalue weighted by molar-refractivity contribution is -0.143. The van der Waals surface area contributed by atoms with Crippen LogP contribution in [-0.2, 0) is 16.1 Å². The molecule has 0 heterocycles. The molecule has 7 heteroatoms. The van der Waals surface area contributed by atoms with E-state index >= 15 is 0 Å². The van der Waals surface area contributed by atoms with Crippen molar-refractivity contribution in [3.63, 3.8) is 0 Å². The number of rotatable bonds is 9. The number of carboxylic acids is 1. The zero-order valence-corrected chi connectivity index (χ0v) is 15.4. The molecule has 1 saturated carbocycles. The smallest absolute Gasteiger partial charge is 0.317 e. The highest BCUT2D eigenvalue weighted by atomic mass is 16.4. The molecule has 0 saturated heterocycles. The van der Waals surface area contributed by atoms with Gasteiger partial charge in [0.1, 0.15) is 0 Å². The van der Waals surface area contributed by atoms with E-state index in [1.807, 2.05) is 30.3 Å². The van der Waals surface area contributed by atoms with Crippen LogP contribution in [0.1, 0.15) is 31.7 Å². The van der Waals surface area contributed by atoms with E-state index in [2.05, 4.69) is 5.32 Å². The lowest BCUT2D eigenvalue weighted by Crippen LogP contribution is -2.42. The maximum atomic E-state index is 12.4. The summed E-state index contributed by atoms with van der Waals surface area (Å²) in [6.07, 6.45) is 2.02. The maximum Gasteiger partial charge on any atom is 0.317 e. The third-order valence-corrected chi connectivity index (χ3v) is 4.42. The van der Waals surface area contributed by atoms with Gasteiger partial charge in [-0.05, 0) is 18.4 Å². The van der Waals surface area contributed by atoms with Crippen LogP contribution in [0.5, 0.6) is 0 Å². The number of carboxylic acid groups (broad SMARTS) is 1. The van der Waals surface area contributed by atoms with E-state index in [9.17, 15) is 14.4 Å². The van der Waals surface area contributed by atoms with Crippen molar-refractivity contribution < 1.29 is 19.5 Å². The van der Waals surface area contributed by atoms with E-state index < -0.39 is 11.9 Å².